The van der Waals surface area contributed by atoms with E-state index in [-0.39, 0.29) is 23.8 Å². The Bertz CT molecular complexity index is 1460. The van der Waals surface area contributed by atoms with Gasteiger partial charge in [-0.2, -0.15) is 5.26 Å². The molecule has 7 heteroatoms. The van der Waals surface area contributed by atoms with E-state index < -0.39 is 0 Å². The number of amides is 1. The molecule has 0 saturated carbocycles. The Balaban J connectivity index is 1.65. The van der Waals surface area contributed by atoms with Crippen LogP contribution in [0.2, 0.25) is 0 Å². The fourth-order valence-electron chi connectivity index (χ4n) is 5.16. The van der Waals surface area contributed by atoms with E-state index in [0.29, 0.717) is 35.8 Å². The molecular weight excluding hydrogens is 502 g/mol. The topological polar surface area (TPSA) is 84.7 Å². The van der Waals surface area contributed by atoms with E-state index in [4.69, 9.17) is 14.2 Å². The monoisotopic (exact) mass is 539 g/mol. The first kappa shape index (κ1) is 28.8. The normalized spacial score (nSPS) is 19.1. The Hall–Kier alpha value is -4.15. The molecule has 0 N–H and O–H groups in total. The van der Waals surface area contributed by atoms with Crippen LogP contribution in [0.5, 0.6) is 11.5 Å². The zero-order valence-corrected chi connectivity index (χ0v) is 24.3. The molecule has 4 rings (SSSR count). The molecule has 208 valence electrons. The van der Waals surface area contributed by atoms with Crippen molar-refractivity contribution in [3.05, 3.63) is 76.6 Å². The van der Waals surface area contributed by atoms with Gasteiger partial charge in [-0.3, -0.25) is 9.78 Å². The number of rotatable bonds is 7. The van der Waals surface area contributed by atoms with E-state index in [0.717, 1.165) is 33.5 Å². The number of aromatic nitrogens is 1. The van der Waals surface area contributed by atoms with Gasteiger partial charge >= 0.3 is 0 Å². The lowest BCUT2D eigenvalue weighted by atomic mass is 9.92. The number of carbonyl (C=O) groups excluding carboxylic acids is 1. The quantitative estimate of drug-likeness (QED) is 0.353. The van der Waals surface area contributed by atoms with Crippen LogP contribution in [-0.4, -0.2) is 56.3 Å². The van der Waals surface area contributed by atoms with Gasteiger partial charge in [0.2, 0.25) is 0 Å². The smallest absolute Gasteiger partial charge is 0.253 e. The summed E-state index contributed by atoms with van der Waals surface area (Å²) in [6.07, 6.45) is 3.79. The second kappa shape index (κ2) is 12.4. The number of nitriles is 1. The molecule has 2 heterocycles. The van der Waals surface area contributed by atoms with Crippen molar-refractivity contribution in [1.82, 2.24) is 9.88 Å². The Morgan fingerprint density at radius 2 is 1.82 bits per heavy atom. The van der Waals surface area contributed by atoms with Gasteiger partial charge in [0, 0.05) is 43.3 Å². The summed E-state index contributed by atoms with van der Waals surface area (Å²) in [5.41, 5.74) is 6.63. The van der Waals surface area contributed by atoms with E-state index in [1.54, 1.807) is 33.5 Å². The maximum atomic E-state index is 12.4. The second-order valence-electron chi connectivity index (χ2n) is 10.7. The zero-order valence-electron chi connectivity index (χ0n) is 24.3. The number of allylic oxidation sites excluding steroid dienone is 1. The standard InChI is InChI=1S/C33H37N3O4/c1-20(27-10-8-25(16-31(27)38-7)33(37)36(5)6)14-29-23(4)28(12-13-35-29)24-9-11-30(26(15-24)17-34)40-32-21(2)18-39-19-22(32)3/h8-16,21-22,32H,18-19H2,1-7H3/b20-14+/t21-,22+,32+. The zero-order chi connectivity index (χ0) is 29.0. The molecule has 0 bridgehead atoms. The van der Waals surface area contributed by atoms with Gasteiger partial charge in [0.1, 0.15) is 23.7 Å². The summed E-state index contributed by atoms with van der Waals surface area (Å²) in [5.74, 6) is 1.64. The van der Waals surface area contributed by atoms with Crippen LogP contribution in [0.25, 0.3) is 22.8 Å². The maximum Gasteiger partial charge on any atom is 0.253 e. The van der Waals surface area contributed by atoms with Crippen LogP contribution < -0.4 is 9.47 Å². The van der Waals surface area contributed by atoms with E-state index in [2.05, 4.69) is 24.9 Å². The molecule has 0 unspecified atom stereocenters. The number of methoxy groups -OCH3 is 1. The van der Waals surface area contributed by atoms with Crippen molar-refractivity contribution < 1.29 is 19.0 Å². The minimum atomic E-state index is -0.0818. The van der Waals surface area contributed by atoms with E-state index in [1.165, 1.54) is 4.90 Å². The molecule has 40 heavy (non-hydrogen) atoms. The van der Waals surface area contributed by atoms with Crippen LogP contribution in [0.15, 0.2) is 48.7 Å². The van der Waals surface area contributed by atoms with Crippen LogP contribution in [0, 0.1) is 30.1 Å². The predicted molar refractivity (Wildman–Crippen MR) is 157 cm³/mol. The number of ether oxygens (including phenoxy) is 3. The van der Waals surface area contributed by atoms with Crippen molar-refractivity contribution in [2.45, 2.75) is 33.8 Å². The number of hydrogen-bond donors (Lipinski definition) is 0. The third kappa shape index (κ3) is 6.03. The highest BCUT2D eigenvalue weighted by Gasteiger charge is 2.31. The molecule has 2 aromatic carbocycles. The summed E-state index contributed by atoms with van der Waals surface area (Å²) >= 11 is 0. The fraction of sp³-hybridized carbons (Fsp3) is 0.364. The molecule has 0 radical (unpaired) electrons. The number of nitrogens with zero attached hydrogens (tertiary/aromatic N) is 3. The number of carbonyl (C=O) groups is 1. The SMILES string of the molecule is COc1cc(C(=O)N(C)C)ccc1/C(C)=C/c1nccc(-c2ccc(O[C@H]3[C@H](C)COC[C@@H]3C)c(C#N)c2)c1C. The average Bonchev–Trinajstić information content (AvgIpc) is 2.95. The number of pyridine rings is 1. The largest absolute Gasteiger partial charge is 0.496 e. The summed E-state index contributed by atoms with van der Waals surface area (Å²) in [6, 6.07) is 15.5. The van der Waals surface area contributed by atoms with E-state index >= 15 is 0 Å². The molecular formula is C33H37N3O4. The molecule has 1 amide bonds. The number of benzene rings is 2. The van der Waals surface area contributed by atoms with Crippen molar-refractivity contribution in [3.63, 3.8) is 0 Å². The average molecular weight is 540 g/mol. The molecule has 1 aliphatic heterocycles. The van der Waals surface area contributed by atoms with Gasteiger partial charge in [-0.05, 0) is 72.5 Å². The third-order valence-corrected chi connectivity index (χ3v) is 7.43. The molecule has 1 fully saturated rings. The summed E-state index contributed by atoms with van der Waals surface area (Å²) in [5, 5.41) is 9.94. The van der Waals surface area contributed by atoms with E-state index in [1.807, 2.05) is 56.3 Å². The van der Waals surface area contributed by atoms with Crippen molar-refractivity contribution in [2.24, 2.45) is 11.8 Å². The Morgan fingerprint density at radius 3 is 2.48 bits per heavy atom. The van der Waals surface area contributed by atoms with Crippen molar-refractivity contribution in [2.75, 3.05) is 34.4 Å². The Kier molecular flexibility index (Phi) is 8.91. The molecule has 7 nitrogen and oxygen atoms in total. The van der Waals surface area contributed by atoms with Crippen LogP contribution >= 0.6 is 0 Å². The molecule has 0 spiro atoms. The highest BCUT2D eigenvalue weighted by atomic mass is 16.5. The first-order valence-corrected chi connectivity index (χ1v) is 13.5. The molecule has 0 aliphatic carbocycles. The lowest BCUT2D eigenvalue weighted by Gasteiger charge is -2.34. The summed E-state index contributed by atoms with van der Waals surface area (Å²) in [7, 11) is 5.05. The molecule has 1 saturated heterocycles. The van der Waals surface area contributed by atoms with Crippen molar-refractivity contribution >= 4 is 17.6 Å². The number of hydrogen-bond acceptors (Lipinski definition) is 6. The van der Waals surface area contributed by atoms with Crippen molar-refractivity contribution in [1.29, 1.82) is 5.26 Å². The Labute approximate surface area is 237 Å². The second-order valence-corrected chi connectivity index (χ2v) is 10.7. The van der Waals surface area contributed by atoms with Gasteiger partial charge in [0.05, 0.1) is 31.6 Å². The summed E-state index contributed by atoms with van der Waals surface area (Å²) in [6.45, 7) is 9.57. The van der Waals surface area contributed by atoms with Gasteiger partial charge < -0.3 is 19.1 Å². The molecule has 1 aliphatic rings. The minimum Gasteiger partial charge on any atom is -0.496 e. The highest BCUT2D eigenvalue weighted by molar-refractivity contribution is 5.95. The summed E-state index contributed by atoms with van der Waals surface area (Å²) < 4.78 is 17.6. The first-order chi connectivity index (χ1) is 19.1. The third-order valence-electron chi connectivity index (χ3n) is 7.43. The maximum absolute atomic E-state index is 12.4. The van der Waals surface area contributed by atoms with Crippen molar-refractivity contribution in [3.8, 4) is 28.7 Å². The predicted octanol–water partition coefficient (Wildman–Crippen LogP) is 6.25. The Morgan fingerprint density at radius 1 is 1.10 bits per heavy atom. The van der Waals surface area contributed by atoms with Gasteiger partial charge in [-0.25, -0.2) is 0 Å². The fourth-order valence-corrected chi connectivity index (χ4v) is 5.16. The molecule has 3 aromatic rings. The first-order valence-electron chi connectivity index (χ1n) is 13.5. The van der Waals surface area contributed by atoms with Gasteiger partial charge in [-0.15, -0.1) is 0 Å². The minimum absolute atomic E-state index is 0.00105. The van der Waals surface area contributed by atoms with E-state index in [9.17, 15) is 10.1 Å². The highest BCUT2D eigenvalue weighted by Crippen LogP contribution is 2.34. The summed E-state index contributed by atoms with van der Waals surface area (Å²) in [4.78, 5) is 18.6. The van der Waals surface area contributed by atoms with Crippen LogP contribution in [0.4, 0.5) is 0 Å². The lowest BCUT2D eigenvalue weighted by Crippen LogP contribution is -2.41. The van der Waals surface area contributed by atoms with Crippen LogP contribution in [-0.2, 0) is 4.74 Å². The van der Waals surface area contributed by atoms with Gasteiger partial charge in [-0.1, -0.05) is 26.0 Å². The molecule has 1 aromatic heterocycles. The van der Waals surface area contributed by atoms with Crippen LogP contribution in [0.3, 0.4) is 0 Å². The molecule has 3 atom stereocenters. The van der Waals surface area contributed by atoms with Gasteiger partial charge in [0.15, 0.2) is 0 Å². The van der Waals surface area contributed by atoms with Gasteiger partial charge in [0.25, 0.3) is 5.91 Å². The lowest BCUT2D eigenvalue weighted by molar-refractivity contribution is -0.0551. The van der Waals surface area contributed by atoms with Crippen LogP contribution in [0.1, 0.15) is 53.5 Å².